The number of hydrogen-bond donors (Lipinski definition) is 1. The van der Waals surface area contributed by atoms with Crippen molar-refractivity contribution in [1.82, 2.24) is 15.2 Å². The van der Waals surface area contributed by atoms with Crippen molar-refractivity contribution in [2.75, 3.05) is 26.2 Å². The molecule has 1 aromatic carbocycles. The molecule has 3 aromatic rings. The van der Waals surface area contributed by atoms with E-state index in [2.05, 4.69) is 27.3 Å². The minimum Gasteiger partial charge on any atom is -0.490 e. The van der Waals surface area contributed by atoms with Crippen LogP contribution in [0.2, 0.25) is 0 Å². The Kier molecular flexibility index (Phi) is 5.70. The summed E-state index contributed by atoms with van der Waals surface area (Å²) in [5.41, 5.74) is 1.96. The first kappa shape index (κ1) is 18.0. The van der Waals surface area contributed by atoms with Crippen LogP contribution in [-0.4, -0.2) is 42.2 Å². The van der Waals surface area contributed by atoms with Gasteiger partial charge in [-0.1, -0.05) is 18.2 Å². The van der Waals surface area contributed by atoms with E-state index in [1.54, 1.807) is 6.26 Å². The summed E-state index contributed by atoms with van der Waals surface area (Å²) in [7, 11) is 0. The maximum absolute atomic E-state index is 6.01. The molecule has 1 saturated heterocycles. The standard InChI is InChI=1S/C22H27N3O2/c1-17-7-8-18-4-2-6-21(22(18)24-17)27-15-11-23-19-9-12-25(13-10-19)16-20-5-3-14-26-20/h2-8,14,19,23H,9-13,15-16H2,1H3. The molecule has 0 unspecified atom stereocenters. The fourth-order valence-corrected chi connectivity index (χ4v) is 3.68. The second-order valence-electron chi connectivity index (χ2n) is 7.21. The average molecular weight is 365 g/mol. The van der Waals surface area contributed by atoms with Gasteiger partial charge in [0, 0.05) is 36.8 Å². The minimum absolute atomic E-state index is 0.564. The zero-order chi connectivity index (χ0) is 18.5. The number of nitrogens with one attached hydrogen (secondary N) is 1. The maximum atomic E-state index is 6.01. The zero-order valence-corrected chi connectivity index (χ0v) is 15.9. The molecule has 0 radical (unpaired) electrons. The highest BCUT2D eigenvalue weighted by Crippen LogP contribution is 2.23. The van der Waals surface area contributed by atoms with Crippen LogP contribution in [0, 0.1) is 6.92 Å². The van der Waals surface area contributed by atoms with Crippen molar-refractivity contribution in [3.8, 4) is 5.75 Å². The van der Waals surface area contributed by atoms with Crippen molar-refractivity contribution in [2.24, 2.45) is 0 Å². The molecule has 4 rings (SSSR count). The lowest BCUT2D eigenvalue weighted by Gasteiger charge is -2.31. The second kappa shape index (κ2) is 8.55. The van der Waals surface area contributed by atoms with E-state index in [4.69, 9.17) is 9.15 Å². The van der Waals surface area contributed by atoms with Crippen molar-refractivity contribution in [3.63, 3.8) is 0 Å². The van der Waals surface area contributed by atoms with E-state index in [9.17, 15) is 0 Å². The number of piperidine rings is 1. The Labute approximate surface area is 160 Å². The molecular formula is C22H27N3O2. The molecule has 27 heavy (non-hydrogen) atoms. The lowest BCUT2D eigenvalue weighted by molar-refractivity contribution is 0.175. The summed E-state index contributed by atoms with van der Waals surface area (Å²) in [5, 5.41) is 4.76. The third-order valence-corrected chi connectivity index (χ3v) is 5.16. The summed E-state index contributed by atoms with van der Waals surface area (Å²) in [6.45, 7) is 6.64. The van der Waals surface area contributed by atoms with Crippen LogP contribution in [0.4, 0.5) is 0 Å². The maximum Gasteiger partial charge on any atom is 0.145 e. The highest BCUT2D eigenvalue weighted by atomic mass is 16.5. The van der Waals surface area contributed by atoms with E-state index in [1.807, 2.05) is 37.3 Å². The Bertz CT molecular complexity index is 855. The van der Waals surface area contributed by atoms with E-state index in [0.29, 0.717) is 12.6 Å². The van der Waals surface area contributed by atoms with Gasteiger partial charge in [0.2, 0.25) is 0 Å². The smallest absolute Gasteiger partial charge is 0.145 e. The van der Waals surface area contributed by atoms with Crippen molar-refractivity contribution in [1.29, 1.82) is 0 Å². The van der Waals surface area contributed by atoms with Crippen LogP contribution in [0.5, 0.6) is 5.75 Å². The van der Waals surface area contributed by atoms with Crippen LogP contribution in [0.3, 0.4) is 0 Å². The van der Waals surface area contributed by atoms with Gasteiger partial charge in [-0.15, -0.1) is 0 Å². The molecule has 0 bridgehead atoms. The zero-order valence-electron chi connectivity index (χ0n) is 15.9. The Balaban J connectivity index is 1.21. The van der Waals surface area contributed by atoms with Crippen LogP contribution >= 0.6 is 0 Å². The topological polar surface area (TPSA) is 50.5 Å². The van der Waals surface area contributed by atoms with Gasteiger partial charge < -0.3 is 14.5 Å². The van der Waals surface area contributed by atoms with E-state index in [1.165, 1.54) is 0 Å². The fourth-order valence-electron chi connectivity index (χ4n) is 3.68. The van der Waals surface area contributed by atoms with Gasteiger partial charge in [-0.25, -0.2) is 4.98 Å². The highest BCUT2D eigenvalue weighted by molar-refractivity contribution is 5.84. The van der Waals surface area contributed by atoms with Crippen LogP contribution in [0.25, 0.3) is 10.9 Å². The summed E-state index contributed by atoms with van der Waals surface area (Å²) >= 11 is 0. The fraction of sp³-hybridized carbons (Fsp3) is 0.409. The average Bonchev–Trinajstić information content (AvgIpc) is 3.20. The number of nitrogens with zero attached hydrogens (tertiary/aromatic N) is 2. The van der Waals surface area contributed by atoms with Gasteiger partial charge in [-0.05, 0) is 44.0 Å². The van der Waals surface area contributed by atoms with Crippen LogP contribution in [-0.2, 0) is 6.54 Å². The lowest BCUT2D eigenvalue weighted by atomic mass is 10.1. The largest absolute Gasteiger partial charge is 0.490 e. The molecule has 1 aliphatic rings. The number of rotatable bonds is 7. The van der Waals surface area contributed by atoms with Crippen molar-refractivity contribution in [2.45, 2.75) is 32.4 Å². The van der Waals surface area contributed by atoms with E-state index in [-0.39, 0.29) is 0 Å². The molecule has 0 amide bonds. The minimum atomic E-state index is 0.564. The van der Waals surface area contributed by atoms with Gasteiger partial charge in [0.1, 0.15) is 23.6 Å². The van der Waals surface area contributed by atoms with E-state index >= 15 is 0 Å². The monoisotopic (exact) mass is 365 g/mol. The molecule has 0 atom stereocenters. The number of ether oxygens (including phenoxy) is 1. The molecule has 1 N–H and O–H groups in total. The summed E-state index contributed by atoms with van der Waals surface area (Å²) in [5.74, 6) is 1.92. The molecular weight excluding hydrogens is 338 g/mol. The molecule has 5 heteroatoms. The third kappa shape index (κ3) is 4.67. The predicted molar refractivity (Wildman–Crippen MR) is 107 cm³/mol. The molecule has 0 saturated carbocycles. The van der Waals surface area contributed by atoms with Gasteiger partial charge in [-0.3, -0.25) is 4.90 Å². The van der Waals surface area contributed by atoms with E-state index < -0.39 is 0 Å². The summed E-state index contributed by atoms with van der Waals surface area (Å²) < 4.78 is 11.5. The van der Waals surface area contributed by atoms with Gasteiger partial charge in [-0.2, -0.15) is 0 Å². The molecule has 1 aliphatic heterocycles. The molecule has 0 aliphatic carbocycles. The van der Waals surface area contributed by atoms with Gasteiger partial charge in [0.25, 0.3) is 0 Å². The van der Waals surface area contributed by atoms with Crippen molar-refractivity contribution in [3.05, 3.63) is 60.2 Å². The van der Waals surface area contributed by atoms with Crippen molar-refractivity contribution >= 4 is 10.9 Å². The highest BCUT2D eigenvalue weighted by Gasteiger charge is 2.19. The number of pyridine rings is 1. The predicted octanol–water partition coefficient (Wildman–Crippen LogP) is 3.77. The van der Waals surface area contributed by atoms with Crippen LogP contribution in [0.1, 0.15) is 24.3 Å². The number of aryl methyl sites for hydroxylation is 1. The lowest BCUT2D eigenvalue weighted by Crippen LogP contribution is -2.43. The first-order valence-electron chi connectivity index (χ1n) is 9.75. The van der Waals surface area contributed by atoms with Gasteiger partial charge in [0.05, 0.1) is 12.8 Å². The number of furan rings is 1. The number of benzene rings is 1. The SMILES string of the molecule is Cc1ccc2cccc(OCCNC3CCN(Cc4ccco4)CC3)c2n1. The van der Waals surface area contributed by atoms with E-state index in [0.717, 1.165) is 67.1 Å². The summed E-state index contributed by atoms with van der Waals surface area (Å²) in [6.07, 6.45) is 4.07. The molecule has 1 fully saturated rings. The first-order valence-corrected chi connectivity index (χ1v) is 9.75. The summed E-state index contributed by atoms with van der Waals surface area (Å²) in [4.78, 5) is 7.08. The normalized spacial score (nSPS) is 16.0. The van der Waals surface area contributed by atoms with Gasteiger partial charge in [0.15, 0.2) is 0 Å². The quantitative estimate of drug-likeness (QED) is 0.646. The number of aromatic nitrogens is 1. The second-order valence-corrected chi connectivity index (χ2v) is 7.21. The van der Waals surface area contributed by atoms with Gasteiger partial charge >= 0.3 is 0 Å². The first-order chi connectivity index (χ1) is 13.3. The van der Waals surface area contributed by atoms with Crippen LogP contribution in [0.15, 0.2) is 53.1 Å². The summed E-state index contributed by atoms with van der Waals surface area (Å²) in [6, 6.07) is 14.8. The van der Waals surface area contributed by atoms with Crippen molar-refractivity contribution < 1.29 is 9.15 Å². The Hall–Kier alpha value is -2.37. The molecule has 2 aromatic heterocycles. The number of para-hydroxylation sites is 1. The number of fused-ring (bicyclic) bond motifs is 1. The number of hydrogen-bond acceptors (Lipinski definition) is 5. The molecule has 142 valence electrons. The van der Waals surface area contributed by atoms with Crippen LogP contribution < -0.4 is 10.1 Å². The molecule has 0 spiro atoms. The third-order valence-electron chi connectivity index (χ3n) is 5.16. The number of likely N-dealkylation sites (tertiary alicyclic amines) is 1. The Morgan fingerprint density at radius 2 is 2.04 bits per heavy atom. The molecule has 3 heterocycles. The Morgan fingerprint density at radius 1 is 1.15 bits per heavy atom. The Morgan fingerprint density at radius 3 is 2.85 bits per heavy atom. The molecule has 5 nitrogen and oxygen atoms in total.